The molecule has 0 saturated heterocycles. The summed E-state index contributed by atoms with van der Waals surface area (Å²) in [6, 6.07) is 10.7. The molecule has 2 rings (SSSR count). The van der Waals surface area contributed by atoms with Crippen LogP contribution in [0.25, 0.3) is 0 Å². The Morgan fingerprint density at radius 3 is 2.47 bits per heavy atom. The van der Waals surface area contributed by atoms with Crippen LogP contribution in [0.2, 0.25) is 0 Å². The van der Waals surface area contributed by atoms with Gasteiger partial charge in [0.1, 0.15) is 5.75 Å². The van der Waals surface area contributed by atoms with E-state index < -0.39 is 6.04 Å². The number of methoxy groups -OCH3 is 2. The Morgan fingerprint density at radius 1 is 1.21 bits per heavy atom. The largest absolute Gasteiger partial charge is 0.497 e. The molecule has 0 saturated carbocycles. The first kappa shape index (κ1) is 13.4. The van der Waals surface area contributed by atoms with Crippen molar-refractivity contribution in [2.45, 2.75) is 6.04 Å². The topological polar surface area (TPSA) is 47.6 Å². The summed E-state index contributed by atoms with van der Waals surface area (Å²) in [4.78, 5) is 12.8. The van der Waals surface area contributed by atoms with Crippen LogP contribution < -0.4 is 10.1 Å². The SMILES string of the molecule is COC(=O)C(Nc1ccc(OC)cc1)c1cccs1. The average Bonchev–Trinajstić information content (AvgIpc) is 2.98. The van der Waals surface area contributed by atoms with Crippen molar-refractivity contribution in [2.24, 2.45) is 0 Å². The molecular weight excluding hydrogens is 262 g/mol. The summed E-state index contributed by atoms with van der Waals surface area (Å²) in [5.41, 5.74) is 0.838. The van der Waals surface area contributed by atoms with Gasteiger partial charge < -0.3 is 14.8 Å². The minimum Gasteiger partial charge on any atom is -0.497 e. The summed E-state index contributed by atoms with van der Waals surface area (Å²) >= 11 is 1.51. The van der Waals surface area contributed by atoms with Crippen LogP contribution in [0.3, 0.4) is 0 Å². The van der Waals surface area contributed by atoms with Gasteiger partial charge in [-0.15, -0.1) is 11.3 Å². The molecule has 0 aliphatic carbocycles. The first-order valence-electron chi connectivity index (χ1n) is 5.76. The van der Waals surface area contributed by atoms with Gasteiger partial charge in [0.25, 0.3) is 0 Å². The van der Waals surface area contributed by atoms with Crippen LogP contribution in [0.1, 0.15) is 10.9 Å². The number of ether oxygens (including phenoxy) is 2. The number of carbonyl (C=O) groups is 1. The Bertz CT molecular complexity index is 522. The van der Waals surface area contributed by atoms with Crippen molar-refractivity contribution < 1.29 is 14.3 Å². The first-order chi connectivity index (χ1) is 9.24. The zero-order chi connectivity index (χ0) is 13.7. The van der Waals surface area contributed by atoms with Crippen molar-refractivity contribution >= 4 is 23.0 Å². The highest BCUT2D eigenvalue weighted by Crippen LogP contribution is 2.25. The fraction of sp³-hybridized carbons (Fsp3) is 0.214. The molecule has 100 valence electrons. The second kappa shape index (κ2) is 6.24. The van der Waals surface area contributed by atoms with E-state index in [1.54, 1.807) is 7.11 Å². The van der Waals surface area contributed by atoms with E-state index in [9.17, 15) is 4.79 Å². The highest BCUT2D eigenvalue weighted by molar-refractivity contribution is 7.10. The molecule has 0 aliphatic rings. The molecule has 0 amide bonds. The van der Waals surface area contributed by atoms with Gasteiger partial charge in [-0.3, -0.25) is 0 Å². The number of thiophene rings is 1. The van der Waals surface area contributed by atoms with E-state index in [1.165, 1.54) is 18.4 Å². The minimum absolute atomic E-state index is 0.307. The molecule has 0 radical (unpaired) electrons. The maximum Gasteiger partial charge on any atom is 0.333 e. The molecule has 1 heterocycles. The number of anilines is 1. The average molecular weight is 277 g/mol. The van der Waals surface area contributed by atoms with E-state index in [1.807, 2.05) is 41.8 Å². The molecule has 5 heteroatoms. The number of esters is 1. The summed E-state index contributed by atoms with van der Waals surface area (Å²) in [5.74, 6) is 0.467. The van der Waals surface area contributed by atoms with Gasteiger partial charge in [-0.2, -0.15) is 0 Å². The quantitative estimate of drug-likeness (QED) is 0.853. The Kier molecular flexibility index (Phi) is 4.41. The van der Waals surface area contributed by atoms with Gasteiger partial charge in [0.15, 0.2) is 6.04 Å². The van der Waals surface area contributed by atoms with Crippen LogP contribution in [-0.2, 0) is 9.53 Å². The molecule has 2 aromatic rings. The van der Waals surface area contributed by atoms with E-state index >= 15 is 0 Å². The summed E-state index contributed by atoms with van der Waals surface area (Å²) in [7, 11) is 3.00. The number of hydrogen-bond acceptors (Lipinski definition) is 5. The normalized spacial score (nSPS) is 11.7. The Balaban J connectivity index is 2.18. The number of rotatable bonds is 5. The predicted octanol–water partition coefficient (Wildman–Crippen LogP) is 3.08. The van der Waals surface area contributed by atoms with Crippen LogP contribution in [0.15, 0.2) is 41.8 Å². The van der Waals surface area contributed by atoms with Crippen LogP contribution in [0.5, 0.6) is 5.75 Å². The van der Waals surface area contributed by atoms with Gasteiger partial charge in [-0.25, -0.2) is 4.79 Å². The van der Waals surface area contributed by atoms with Crippen LogP contribution in [0.4, 0.5) is 5.69 Å². The van der Waals surface area contributed by atoms with Crippen molar-refractivity contribution in [3.63, 3.8) is 0 Å². The highest BCUT2D eigenvalue weighted by Gasteiger charge is 2.22. The predicted molar refractivity (Wildman–Crippen MR) is 75.7 cm³/mol. The van der Waals surface area contributed by atoms with Crippen molar-refractivity contribution in [1.29, 1.82) is 0 Å². The standard InChI is InChI=1S/C14H15NO3S/c1-17-11-7-5-10(6-8-11)15-13(14(16)18-2)12-4-3-9-19-12/h3-9,13,15H,1-2H3. The number of hydrogen-bond donors (Lipinski definition) is 1. The Morgan fingerprint density at radius 2 is 1.95 bits per heavy atom. The summed E-state index contributed by atoms with van der Waals surface area (Å²) in [6.45, 7) is 0. The molecular formula is C14H15NO3S. The lowest BCUT2D eigenvalue weighted by Gasteiger charge is -2.16. The third-order valence-electron chi connectivity index (χ3n) is 2.67. The fourth-order valence-electron chi connectivity index (χ4n) is 1.67. The monoisotopic (exact) mass is 277 g/mol. The lowest BCUT2D eigenvalue weighted by molar-refractivity contribution is -0.141. The van der Waals surface area contributed by atoms with Gasteiger partial charge >= 0.3 is 5.97 Å². The third kappa shape index (κ3) is 3.26. The molecule has 4 nitrogen and oxygen atoms in total. The highest BCUT2D eigenvalue weighted by atomic mass is 32.1. The molecule has 1 N–H and O–H groups in total. The van der Waals surface area contributed by atoms with E-state index in [0.29, 0.717) is 0 Å². The summed E-state index contributed by atoms with van der Waals surface area (Å²) in [5, 5.41) is 5.10. The van der Waals surface area contributed by atoms with E-state index in [-0.39, 0.29) is 5.97 Å². The smallest absolute Gasteiger partial charge is 0.333 e. The Labute approximate surface area is 116 Å². The second-order valence-electron chi connectivity index (χ2n) is 3.84. The zero-order valence-corrected chi connectivity index (χ0v) is 11.6. The van der Waals surface area contributed by atoms with E-state index in [0.717, 1.165) is 16.3 Å². The summed E-state index contributed by atoms with van der Waals surface area (Å²) in [6.07, 6.45) is 0. The minimum atomic E-state index is -0.488. The molecule has 1 atom stereocenters. The van der Waals surface area contributed by atoms with Crippen molar-refractivity contribution in [3.8, 4) is 5.75 Å². The van der Waals surface area contributed by atoms with Gasteiger partial charge in [0.2, 0.25) is 0 Å². The molecule has 0 fully saturated rings. The maximum absolute atomic E-state index is 11.8. The Hall–Kier alpha value is -2.01. The van der Waals surface area contributed by atoms with E-state index in [2.05, 4.69) is 5.32 Å². The van der Waals surface area contributed by atoms with E-state index in [4.69, 9.17) is 9.47 Å². The number of benzene rings is 1. The van der Waals surface area contributed by atoms with Crippen molar-refractivity contribution in [1.82, 2.24) is 0 Å². The molecule has 0 bridgehead atoms. The maximum atomic E-state index is 11.8. The van der Waals surface area contributed by atoms with Crippen molar-refractivity contribution in [3.05, 3.63) is 46.7 Å². The fourth-order valence-corrected chi connectivity index (χ4v) is 2.44. The van der Waals surface area contributed by atoms with Crippen LogP contribution >= 0.6 is 11.3 Å². The molecule has 1 aromatic heterocycles. The van der Waals surface area contributed by atoms with Crippen LogP contribution in [0, 0.1) is 0 Å². The van der Waals surface area contributed by atoms with Crippen LogP contribution in [-0.4, -0.2) is 20.2 Å². The lowest BCUT2D eigenvalue weighted by atomic mass is 10.2. The molecule has 1 unspecified atom stereocenters. The molecule has 1 aromatic carbocycles. The molecule has 19 heavy (non-hydrogen) atoms. The van der Waals surface area contributed by atoms with Gasteiger partial charge in [-0.05, 0) is 35.7 Å². The molecule has 0 aliphatic heterocycles. The van der Waals surface area contributed by atoms with Crippen molar-refractivity contribution in [2.75, 3.05) is 19.5 Å². The number of carbonyl (C=O) groups excluding carboxylic acids is 1. The molecule has 0 spiro atoms. The summed E-state index contributed by atoms with van der Waals surface area (Å²) < 4.78 is 9.93. The lowest BCUT2D eigenvalue weighted by Crippen LogP contribution is -2.21. The van der Waals surface area contributed by atoms with Gasteiger partial charge in [0.05, 0.1) is 14.2 Å². The zero-order valence-electron chi connectivity index (χ0n) is 10.8. The third-order valence-corrected chi connectivity index (χ3v) is 3.60. The second-order valence-corrected chi connectivity index (χ2v) is 4.82. The van der Waals surface area contributed by atoms with Gasteiger partial charge in [0, 0.05) is 10.6 Å². The first-order valence-corrected chi connectivity index (χ1v) is 6.64. The number of nitrogens with one attached hydrogen (secondary N) is 1. The van der Waals surface area contributed by atoms with Gasteiger partial charge in [-0.1, -0.05) is 6.07 Å².